The number of methoxy groups -OCH3 is 1. The largest absolute Gasteiger partial charge is 0.481 e. The van der Waals surface area contributed by atoms with Gasteiger partial charge in [0.05, 0.1) is 19.2 Å². The van der Waals surface area contributed by atoms with Crippen molar-refractivity contribution in [1.29, 1.82) is 0 Å². The van der Waals surface area contributed by atoms with Crippen molar-refractivity contribution in [3.8, 4) is 17.0 Å². The SMILES string of the molecule is CCOC(=O)C(O)(c1ccc(Cl)cc1)c1ccc2nc(OC)cc(-c3cccc(Cl)c3)c2c1. The molecule has 168 valence electrons. The molecule has 0 spiro atoms. The Morgan fingerprint density at radius 2 is 1.70 bits per heavy atom. The van der Waals surface area contributed by atoms with Crippen LogP contribution in [0.3, 0.4) is 0 Å². The molecule has 1 unspecified atom stereocenters. The van der Waals surface area contributed by atoms with Crippen molar-refractivity contribution in [2.24, 2.45) is 0 Å². The van der Waals surface area contributed by atoms with Gasteiger partial charge in [-0.15, -0.1) is 0 Å². The molecule has 0 saturated carbocycles. The van der Waals surface area contributed by atoms with Crippen molar-refractivity contribution in [1.82, 2.24) is 4.98 Å². The second-order valence-electron chi connectivity index (χ2n) is 7.39. The van der Waals surface area contributed by atoms with Gasteiger partial charge in [-0.1, -0.05) is 53.5 Å². The Bertz CT molecular complexity index is 1320. The molecule has 1 aromatic heterocycles. The van der Waals surface area contributed by atoms with Gasteiger partial charge in [-0.3, -0.25) is 0 Å². The van der Waals surface area contributed by atoms with Gasteiger partial charge in [-0.2, -0.15) is 0 Å². The third-order valence-corrected chi connectivity index (χ3v) is 5.87. The summed E-state index contributed by atoms with van der Waals surface area (Å²) in [6, 6.07) is 20.8. The maximum absolute atomic E-state index is 13.0. The highest BCUT2D eigenvalue weighted by atomic mass is 35.5. The maximum Gasteiger partial charge on any atom is 0.347 e. The Balaban J connectivity index is 1.98. The summed E-state index contributed by atoms with van der Waals surface area (Å²) in [7, 11) is 1.55. The summed E-state index contributed by atoms with van der Waals surface area (Å²) in [6.45, 7) is 1.81. The molecule has 0 bridgehead atoms. The summed E-state index contributed by atoms with van der Waals surface area (Å²) in [5.41, 5.74) is 0.914. The number of hydrogen-bond acceptors (Lipinski definition) is 5. The zero-order chi connectivity index (χ0) is 23.6. The van der Waals surface area contributed by atoms with Crippen LogP contribution in [0, 0.1) is 0 Å². The average molecular weight is 482 g/mol. The van der Waals surface area contributed by atoms with E-state index in [1.807, 2.05) is 18.2 Å². The summed E-state index contributed by atoms with van der Waals surface area (Å²) >= 11 is 12.3. The number of benzene rings is 3. The smallest absolute Gasteiger partial charge is 0.347 e. The number of esters is 1. The number of rotatable bonds is 6. The Hall–Kier alpha value is -3.12. The molecule has 0 saturated heterocycles. The highest BCUT2D eigenvalue weighted by Gasteiger charge is 2.42. The fourth-order valence-electron chi connectivity index (χ4n) is 3.75. The quantitative estimate of drug-likeness (QED) is 0.341. The van der Waals surface area contributed by atoms with Gasteiger partial charge in [0.1, 0.15) is 0 Å². The van der Waals surface area contributed by atoms with Gasteiger partial charge >= 0.3 is 5.97 Å². The van der Waals surface area contributed by atoms with Crippen molar-refractivity contribution in [3.05, 3.63) is 94.0 Å². The molecule has 1 heterocycles. The zero-order valence-corrected chi connectivity index (χ0v) is 19.5. The normalized spacial score (nSPS) is 12.9. The van der Waals surface area contributed by atoms with Crippen LogP contribution in [0.4, 0.5) is 0 Å². The second kappa shape index (κ2) is 9.40. The van der Waals surface area contributed by atoms with E-state index in [0.29, 0.717) is 38.0 Å². The van der Waals surface area contributed by atoms with Gasteiger partial charge in [0.25, 0.3) is 0 Å². The number of ether oxygens (including phenoxy) is 2. The molecular weight excluding hydrogens is 461 g/mol. The first-order valence-corrected chi connectivity index (χ1v) is 11.0. The molecule has 3 aromatic carbocycles. The summed E-state index contributed by atoms with van der Waals surface area (Å²) in [5, 5.41) is 13.5. The predicted octanol–water partition coefficient (Wildman–Crippen LogP) is 6.02. The Labute approximate surface area is 201 Å². The highest BCUT2D eigenvalue weighted by Crippen LogP contribution is 2.37. The van der Waals surface area contributed by atoms with E-state index in [1.54, 1.807) is 68.6 Å². The number of carbonyl (C=O) groups is 1. The number of aromatic nitrogens is 1. The Morgan fingerprint density at radius 3 is 2.36 bits per heavy atom. The first kappa shape index (κ1) is 23.1. The molecule has 0 aliphatic heterocycles. The van der Waals surface area contributed by atoms with Crippen molar-refractivity contribution in [2.45, 2.75) is 12.5 Å². The van der Waals surface area contributed by atoms with Crippen molar-refractivity contribution >= 4 is 40.1 Å². The lowest BCUT2D eigenvalue weighted by atomic mass is 9.85. The van der Waals surface area contributed by atoms with Gasteiger partial charge in [-0.05, 0) is 60.0 Å². The van der Waals surface area contributed by atoms with Crippen LogP contribution >= 0.6 is 23.2 Å². The van der Waals surface area contributed by atoms with Gasteiger partial charge in [0.2, 0.25) is 11.5 Å². The first-order valence-electron chi connectivity index (χ1n) is 10.3. The van der Waals surface area contributed by atoms with Gasteiger partial charge < -0.3 is 14.6 Å². The van der Waals surface area contributed by atoms with Crippen LogP contribution in [0.15, 0.2) is 72.8 Å². The van der Waals surface area contributed by atoms with E-state index < -0.39 is 11.6 Å². The van der Waals surface area contributed by atoms with Crippen LogP contribution in [0.1, 0.15) is 18.1 Å². The van der Waals surface area contributed by atoms with Crippen LogP contribution in [0.2, 0.25) is 10.0 Å². The predicted molar refractivity (Wildman–Crippen MR) is 130 cm³/mol. The van der Waals surface area contributed by atoms with E-state index in [-0.39, 0.29) is 6.61 Å². The van der Waals surface area contributed by atoms with E-state index in [2.05, 4.69) is 4.98 Å². The molecule has 0 fully saturated rings. The number of aliphatic hydroxyl groups is 1. The van der Waals surface area contributed by atoms with E-state index in [0.717, 1.165) is 11.1 Å². The minimum absolute atomic E-state index is 0.120. The molecule has 1 atom stereocenters. The Kier molecular flexibility index (Phi) is 6.56. The van der Waals surface area contributed by atoms with Gasteiger partial charge in [0, 0.05) is 27.1 Å². The molecule has 4 rings (SSSR count). The molecule has 5 nitrogen and oxygen atoms in total. The van der Waals surface area contributed by atoms with Crippen LogP contribution in [-0.4, -0.2) is 29.8 Å². The van der Waals surface area contributed by atoms with Crippen molar-refractivity contribution in [2.75, 3.05) is 13.7 Å². The lowest BCUT2D eigenvalue weighted by molar-refractivity contribution is -0.161. The van der Waals surface area contributed by atoms with Gasteiger partial charge in [-0.25, -0.2) is 9.78 Å². The monoisotopic (exact) mass is 481 g/mol. The third-order valence-electron chi connectivity index (χ3n) is 5.38. The van der Waals surface area contributed by atoms with E-state index in [1.165, 1.54) is 0 Å². The van der Waals surface area contributed by atoms with E-state index in [4.69, 9.17) is 32.7 Å². The zero-order valence-electron chi connectivity index (χ0n) is 18.0. The molecule has 7 heteroatoms. The molecule has 33 heavy (non-hydrogen) atoms. The molecule has 1 N–H and O–H groups in total. The average Bonchev–Trinajstić information content (AvgIpc) is 2.83. The standard InChI is InChI=1S/C26H21Cl2NO4/c1-3-33-25(30)26(31,17-7-10-19(27)11-8-17)18-9-12-23-22(14-18)21(15-24(29-23)32-2)16-5-4-6-20(28)13-16/h4-15,31H,3H2,1-2H3. The number of hydrogen-bond donors (Lipinski definition) is 1. The number of fused-ring (bicyclic) bond motifs is 1. The van der Waals surface area contributed by atoms with Crippen LogP contribution in [0.25, 0.3) is 22.0 Å². The highest BCUT2D eigenvalue weighted by molar-refractivity contribution is 6.31. The molecule has 0 aliphatic rings. The van der Waals surface area contributed by atoms with Gasteiger partial charge in [0.15, 0.2) is 0 Å². The third kappa shape index (κ3) is 4.40. The molecule has 0 amide bonds. The van der Waals surface area contributed by atoms with Crippen molar-refractivity contribution in [3.63, 3.8) is 0 Å². The van der Waals surface area contributed by atoms with E-state index >= 15 is 0 Å². The van der Waals surface area contributed by atoms with Crippen LogP contribution < -0.4 is 4.74 Å². The minimum Gasteiger partial charge on any atom is -0.481 e. The second-order valence-corrected chi connectivity index (χ2v) is 8.27. The minimum atomic E-state index is -2.04. The number of nitrogens with zero attached hydrogens (tertiary/aromatic N) is 1. The molecule has 0 radical (unpaired) electrons. The summed E-state index contributed by atoms with van der Waals surface area (Å²) in [4.78, 5) is 17.5. The van der Waals surface area contributed by atoms with Crippen LogP contribution in [0.5, 0.6) is 5.88 Å². The summed E-state index contributed by atoms with van der Waals surface area (Å²) < 4.78 is 10.6. The maximum atomic E-state index is 13.0. The fraction of sp³-hybridized carbons (Fsp3) is 0.154. The fourth-order valence-corrected chi connectivity index (χ4v) is 4.07. The van der Waals surface area contributed by atoms with Crippen molar-refractivity contribution < 1.29 is 19.4 Å². The Morgan fingerprint density at radius 1 is 0.970 bits per heavy atom. The molecule has 4 aromatic rings. The van der Waals surface area contributed by atoms with Crippen LogP contribution in [-0.2, 0) is 15.1 Å². The topological polar surface area (TPSA) is 68.7 Å². The molecule has 0 aliphatic carbocycles. The number of halogens is 2. The molecular formula is C26H21Cl2NO4. The summed E-state index contributed by atoms with van der Waals surface area (Å²) in [6.07, 6.45) is 0. The number of pyridine rings is 1. The number of carbonyl (C=O) groups excluding carboxylic acids is 1. The summed E-state index contributed by atoms with van der Waals surface area (Å²) in [5.74, 6) is -0.346. The lowest BCUT2D eigenvalue weighted by Gasteiger charge is -2.27. The van der Waals surface area contributed by atoms with E-state index in [9.17, 15) is 9.90 Å². The first-order chi connectivity index (χ1) is 15.9. The lowest BCUT2D eigenvalue weighted by Crippen LogP contribution is -2.38.